The fourth-order valence-electron chi connectivity index (χ4n) is 3.20. The number of imidazole rings is 2. The SMILES string of the molecule is CCCCn1c(-c2ccc(O)cc2)cn2c3c(=O)[nH]c(=O)n(C)c3nc12. The van der Waals surface area contributed by atoms with E-state index in [9.17, 15) is 14.7 Å². The van der Waals surface area contributed by atoms with Gasteiger partial charge in [-0.25, -0.2) is 4.79 Å². The van der Waals surface area contributed by atoms with Crippen molar-refractivity contribution in [1.82, 2.24) is 23.5 Å². The number of nitrogens with zero attached hydrogens (tertiary/aromatic N) is 4. The van der Waals surface area contributed by atoms with Gasteiger partial charge < -0.3 is 9.67 Å². The molecule has 3 aromatic heterocycles. The molecule has 0 unspecified atom stereocenters. The number of phenols is 1. The summed E-state index contributed by atoms with van der Waals surface area (Å²) in [6, 6.07) is 6.91. The first-order chi connectivity index (χ1) is 12.5. The van der Waals surface area contributed by atoms with Crippen LogP contribution in [0.15, 0.2) is 40.1 Å². The molecule has 0 radical (unpaired) electrons. The van der Waals surface area contributed by atoms with Gasteiger partial charge in [-0.15, -0.1) is 0 Å². The lowest BCUT2D eigenvalue weighted by Gasteiger charge is -2.08. The third kappa shape index (κ3) is 2.33. The number of hydrogen-bond acceptors (Lipinski definition) is 4. The summed E-state index contributed by atoms with van der Waals surface area (Å²) in [4.78, 5) is 31.1. The van der Waals surface area contributed by atoms with E-state index in [1.54, 1.807) is 23.6 Å². The van der Waals surface area contributed by atoms with Gasteiger partial charge in [0.05, 0.1) is 5.69 Å². The second kappa shape index (κ2) is 5.91. The molecule has 26 heavy (non-hydrogen) atoms. The first kappa shape index (κ1) is 16.2. The zero-order chi connectivity index (χ0) is 18.4. The highest BCUT2D eigenvalue weighted by atomic mass is 16.3. The Kier molecular flexibility index (Phi) is 3.68. The van der Waals surface area contributed by atoms with Gasteiger partial charge in [-0.3, -0.25) is 18.7 Å². The van der Waals surface area contributed by atoms with Crippen LogP contribution in [0.2, 0.25) is 0 Å². The molecule has 0 atom stereocenters. The minimum Gasteiger partial charge on any atom is -0.508 e. The van der Waals surface area contributed by atoms with E-state index in [1.807, 2.05) is 22.9 Å². The Morgan fingerprint density at radius 1 is 1.19 bits per heavy atom. The monoisotopic (exact) mass is 353 g/mol. The number of H-pyrrole nitrogens is 1. The molecule has 0 aliphatic heterocycles. The Bertz CT molecular complexity index is 1220. The summed E-state index contributed by atoms with van der Waals surface area (Å²) in [7, 11) is 1.59. The van der Waals surface area contributed by atoms with Gasteiger partial charge >= 0.3 is 5.69 Å². The molecule has 4 aromatic rings. The van der Waals surface area contributed by atoms with Crippen LogP contribution in [-0.2, 0) is 13.6 Å². The van der Waals surface area contributed by atoms with Crippen LogP contribution in [0.4, 0.5) is 0 Å². The molecule has 134 valence electrons. The second-order valence-electron chi connectivity index (χ2n) is 6.34. The van der Waals surface area contributed by atoms with E-state index in [1.165, 1.54) is 4.57 Å². The largest absolute Gasteiger partial charge is 0.508 e. The molecule has 0 aliphatic rings. The number of aryl methyl sites for hydroxylation is 2. The third-order valence-electron chi connectivity index (χ3n) is 4.61. The lowest BCUT2D eigenvalue weighted by molar-refractivity contribution is 0.475. The summed E-state index contributed by atoms with van der Waals surface area (Å²) >= 11 is 0. The normalized spacial score (nSPS) is 11.6. The Balaban J connectivity index is 2.07. The molecule has 4 rings (SSSR count). The van der Waals surface area contributed by atoms with Gasteiger partial charge in [-0.05, 0) is 30.7 Å². The smallest absolute Gasteiger partial charge is 0.329 e. The van der Waals surface area contributed by atoms with Crippen LogP contribution in [-0.4, -0.2) is 28.6 Å². The van der Waals surface area contributed by atoms with Crippen molar-refractivity contribution in [2.75, 3.05) is 0 Å². The van der Waals surface area contributed by atoms with Crippen LogP contribution >= 0.6 is 0 Å². The summed E-state index contributed by atoms with van der Waals surface area (Å²) in [5, 5.41) is 9.55. The molecule has 0 aliphatic carbocycles. The summed E-state index contributed by atoms with van der Waals surface area (Å²) in [5.41, 5.74) is 1.58. The van der Waals surface area contributed by atoms with Crippen molar-refractivity contribution in [3.63, 3.8) is 0 Å². The summed E-state index contributed by atoms with van der Waals surface area (Å²) in [5.74, 6) is 0.810. The number of fused-ring (bicyclic) bond motifs is 3. The van der Waals surface area contributed by atoms with E-state index >= 15 is 0 Å². The minimum atomic E-state index is -0.484. The van der Waals surface area contributed by atoms with Crippen molar-refractivity contribution in [3.8, 4) is 17.0 Å². The van der Waals surface area contributed by atoms with Crippen LogP contribution in [0.3, 0.4) is 0 Å². The molecule has 8 nitrogen and oxygen atoms in total. The highest BCUT2D eigenvalue weighted by molar-refractivity contribution is 5.78. The number of benzene rings is 1. The predicted octanol–water partition coefficient (Wildman–Crippen LogP) is 1.85. The molecular formula is C18H19N5O3. The number of aromatic nitrogens is 5. The number of aromatic amines is 1. The number of rotatable bonds is 4. The first-order valence-corrected chi connectivity index (χ1v) is 8.51. The van der Waals surface area contributed by atoms with E-state index in [4.69, 9.17) is 0 Å². The predicted molar refractivity (Wildman–Crippen MR) is 98.6 cm³/mol. The summed E-state index contributed by atoms with van der Waals surface area (Å²) < 4.78 is 5.11. The Hall–Kier alpha value is -3.29. The maximum atomic E-state index is 12.4. The summed E-state index contributed by atoms with van der Waals surface area (Å²) in [6.07, 6.45) is 3.82. The van der Waals surface area contributed by atoms with Crippen molar-refractivity contribution < 1.29 is 5.11 Å². The number of phenolic OH excluding ortho intramolecular Hbond substituents is 1. The van der Waals surface area contributed by atoms with Gasteiger partial charge in [0, 0.05) is 25.4 Å². The van der Waals surface area contributed by atoms with Crippen molar-refractivity contribution in [2.24, 2.45) is 7.05 Å². The number of hydrogen-bond donors (Lipinski definition) is 2. The standard InChI is InChI=1S/C18H19N5O3/c1-3-4-9-22-13(11-5-7-12(24)8-6-11)10-23-14-15(19-17(22)23)21(2)18(26)20-16(14)25/h5-8,10,24H,3-4,9H2,1-2H3,(H,20,25,26). The molecule has 0 amide bonds. The van der Waals surface area contributed by atoms with Crippen molar-refractivity contribution in [1.29, 1.82) is 0 Å². The van der Waals surface area contributed by atoms with Crippen LogP contribution in [0.25, 0.3) is 28.2 Å². The van der Waals surface area contributed by atoms with E-state index in [0.29, 0.717) is 16.9 Å². The number of aromatic hydroxyl groups is 1. The fraction of sp³-hybridized carbons (Fsp3) is 0.278. The highest BCUT2D eigenvalue weighted by Gasteiger charge is 2.19. The van der Waals surface area contributed by atoms with Gasteiger partial charge in [0.15, 0.2) is 11.2 Å². The van der Waals surface area contributed by atoms with Crippen LogP contribution in [0.5, 0.6) is 5.75 Å². The van der Waals surface area contributed by atoms with Crippen molar-refractivity contribution in [3.05, 3.63) is 51.3 Å². The van der Waals surface area contributed by atoms with E-state index in [-0.39, 0.29) is 5.75 Å². The zero-order valence-electron chi connectivity index (χ0n) is 14.6. The van der Waals surface area contributed by atoms with Gasteiger partial charge in [0.2, 0.25) is 5.78 Å². The zero-order valence-corrected chi connectivity index (χ0v) is 14.6. The molecule has 2 N–H and O–H groups in total. The van der Waals surface area contributed by atoms with Crippen molar-refractivity contribution >= 4 is 16.9 Å². The van der Waals surface area contributed by atoms with Crippen LogP contribution in [0.1, 0.15) is 19.8 Å². The minimum absolute atomic E-state index is 0.196. The third-order valence-corrected chi connectivity index (χ3v) is 4.61. The topological polar surface area (TPSA) is 97.3 Å². The van der Waals surface area contributed by atoms with E-state index in [0.717, 1.165) is 30.6 Å². The maximum absolute atomic E-state index is 12.4. The molecule has 0 fully saturated rings. The molecule has 1 aromatic carbocycles. The molecule has 0 bridgehead atoms. The summed E-state index contributed by atoms with van der Waals surface area (Å²) in [6.45, 7) is 2.84. The average molecular weight is 353 g/mol. The highest BCUT2D eigenvalue weighted by Crippen LogP contribution is 2.27. The molecular weight excluding hydrogens is 334 g/mol. The lowest BCUT2D eigenvalue weighted by Crippen LogP contribution is -2.28. The molecule has 0 spiro atoms. The quantitative estimate of drug-likeness (QED) is 0.585. The van der Waals surface area contributed by atoms with Crippen LogP contribution < -0.4 is 11.2 Å². The lowest BCUT2D eigenvalue weighted by atomic mass is 10.1. The van der Waals surface area contributed by atoms with E-state index < -0.39 is 11.2 Å². The van der Waals surface area contributed by atoms with Gasteiger partial charge in [-0.2, -0.15) is 4.98 Å². The average Bonchev–Trinajstić information content (AvgIpc) is 3.15. The number of unbranched alkanes of at least 4 members (excludes halogenated alkanes) is 1. The van der Waals surface area contributed by atoms with Crippen molar-refractivity contribution in [2.45, 2.75) is 26.3 Å². The molecule has 3 heterocycles. The number of nitrogens with one attached hydrogen (secondary N) is 1. The second-order valence-corrected chi connectivity index (χ2v) is 6.34. The van der Waals surface area contributed by atoms with Gasteiger partial charge in [0.1, 0.15) is 5.75 Å². The Morgan fingerprint density at radius 2 is 1.92 bits per heavy atom. The Labute approximate surface area is 148 Å². The fourth-order valence-corrected chi connectivity index (χ4v) is 3.20. The van der Waals surface area contributed by atoms with E-state index in [2.05, 4.69) is 16.9 Å². The Morgan fingerprint density at radius 3 is 2.62 bits per heavy atom. The first-order valence-electron chi connectivity index (χ1n) is 8.51. The maximum Gasteiger partial charge on any atom is 0.329 e. The molecule has 8 heteroatoms. The van der Waals surface area contributed by atoms with Crippen LogP contribution in [0, 0.1) is 0 Å². The molecule has 0 saturated carbocycles. The van der Waals surface area contributed by atoms with Gasteiger partial charge in [-0.1, -0.05) is 13.3 Å². The molecule has 0 saturated heterocycles. The van der Waals surface area contributed by atoms with Gasteiger partial charge in [0.25, 0.3) is 5.56 Å².